The summed E-state index contributed by atoms with van der Waals surface area (Å²) in [6, 6.07) is 6.92. The summed E-state index contributed by atoms with van der Waals surface area (Å²) < 4.78 is 57.8. The van der Waals surface area contributed by atoms with E-state index in [0.717, 1.165) is 57.3 Å². The second kappa shape index (κ2) is 11.3. The van der Waals surface area contributed by atoms with Gasteiger partial charge in [0.2, 0.25) is 0 Å². The molecule has 1 aromatic heterocycles. The van der Waals surface area contributed by atoms with Gasteiger partial charge in [0.15, 0.2) is 5.76 Å². The van der Waals surface area contributed by atoms with Crippen LogP contribution in [0.25, 0.3) is 0 Å². The van der Waals surface area contributed by atoms with Crippen LogP contribution in [-0.4, -0.2) is 58.0 Å². The minimum absolute atomic E-state index is 0.0853. The predicted octanol–water partition coefficient (Wildman–Crippen LogP) is 5.43. The van der Waals surface area contributed by atoms with E-state index in [9.17, 15) is 18.0 Å². The average molecular weight is 536 g/mol. The summed E-state index contributed by atoms with van der Waals surface area (Å²) in [6.07, 6.45) is -0.0125. The summed E-state index contributed by atoms with van der Waals surface area (Å²) in [6.45, 7) is 7.33. The fourth-order valence-electron chi connectivity index (χ4n) is 5.74. The number of benzene rings is 1. The van der Waals surface area contributed by atoms with Gasteiger partial charge in [0.05, 0.1) is 29.6 Å². The van der Waals surface area contributed by atoms with Gasteiger partial charge in [-0.3, -0.25) is 4.79 Å². The molecule has 5 rings (SSSR count). The second-order valence-electron chi connectivity index (χ2n) is 11.0. The number of nitrogens with one attached hydrogen (secondary N) is 2. The van der Waals surface area contributed by atoms with Crippen molar-refractivity contribution in [1.29, 1.82) is 0 Å². The molecule has 1 amide bonds. The number of nitrogens with zero attached hydrogens (tertiary/aromatic N) is 1. The summed E-state index contributed by atoms with van der Waals surface area (Å²) >= 11 is 0. The standard InChI is InChI=1S/C28H36F3N3O4/c1-27(17-21-18-32-10-15-37-21)8-11-34(12-9-27)23-3-2-20(28(29,30)31)16-22(23)33-26(35)25-5-4-24(38-25)19-6-13-36-14-7-19/h2-5,16,19,21,32H,6-15,17-18H2,1H3,(H,33,35). The number of rotatable bonds is 6. The average Bonchev–Trinajstić information content (AvgIpc) is 3.41. The van der Waals surface area contributed by atoms with Gasteiger partial charge in [-0.1, -0.05) is 6.92 Å². The van der Waals surface area contributed by atoms with Gasteiger partial charge in [-0.25, -0.2) is 0 Å². The molecule has 0 bridgehead atoms. The van der Waals surface area contributed by atoms with E-state index in [1.54, 1.807) is 12.1 Å². The number of morpholine rings is 1. The quantitative estimate of drug-likeness (QED) is 0.514. The van der Waals surface area contributed by atoms with E-state index in [-0.39, 0.29) is 28.9 Å². The molecular formula is C28H36F3N3O4. The van der Waals surface area contributed by atoms with E-state index in [2.05, 4.69) is 22.5 Å². The van der Waals surface area contributed by atoms with Crippen LogP contribution in [0.4, 0.5) is 24.5 Å². The van der Waals surface area contributed by atoms with Crippen molar-refractivity contribution >= 4 is 17.3 Å². The van der Waals surface area contributed by atoms with Crippen LogP contribution in [0.1, 0.15) is 66.8 Å². The molecule has 4 heterocycles. The molecule has 1 atom stereocenters. The summed E-state index contributed by atoms with van der Waals surface area (Å²) in [4.78, 5) is 15.1. The number of piperidine rings is 1. The van der Waals surface area contributed by atoms with Crippen molar-refractivity contribution in [3.63, 3.8) is 0 Å². The number of hydrogen-bond acceptors (Lipinski definition) is 6. The molecule has 208 valence electrons. The van der Waals surface area contributed by atoms with Crippen molar-refractivity contribution in [2.75, 3.05) is 56.2 Å². The molecule has 10 heteroatoms. The minimum Gasteiger partial charge on any atom is -0.456 e. The van der Waals surface area contributed by atoms with Crippen LogP contribution < -0.4 is 15.5 Å². The maximum atomic E-state index is 13.6. The lowest BCUT2D eigenvalue weighted by Gasteiger charge is -2.43. The zero-order valence-corrected chi connectivity index (χ0v) is 21.7. The van der Waals surface area contributed by atoms with Gasteiger partial charge in [0, 0.05) is 45.3 Å². The first-order chi connectivity index (χ1) is 18.2. The molecule has 7 nitrogen and oxygen atoms in total. The van der Waals surface area contributed by atoms with Gasteiger partial charge in [0.25, 0.3) is 5.91 Å². The highest BCUT2D eigenvalue weighted by molar-refractivity contribution is 6.04. The van der Waals surface area contributed by atoms with Crippen molar-refractivity contribution in [1.82, 2.24) is 5.32 Å². The molecule has 3 fully saturated rings. The Morgan fingerprint density at radius 1 is 1.13 bits per heavy atom. The SMILES string of the molecule is CC1(CC2CNCCO2)CCN(c2ccc(C(F)(F)F)cc2NC(=O)c2ccc(C3CCOCC3)o2)CC1. The van der Waals surface area contributed by atoms with Gasteiger partial charge >= 0.3 is 6.18 Å². The van der Waals surface area contributed by atoms with Crippen molar-refractivity contribution in [3.8, 4) is 0 Å². The normalized spacial score (nSPS) is 22.8. The lowest BCUT2D eigenvalue weighted by molar-refractivity contribution is -0.137. The Morgan fingerprint density at radius 3 is 2.58 bits per heavy atom. The Balaban J connectivity index is 1.30. The summed E-state index contributed by atoms with van der Waals surface area (Å²) in [5.74, 6) is 0.400. The van der Waals surface area contributed by atoms with Crippen molar-refractivity contribution in [3.05, 3.63) is 47.4 Å². The largest absolute Gasteiger partial charge is 0.456 e. The fraction of sp³-hybridized carbons (Fsp3) is 0.607. The van der Waals surface area contributed by atoms with Crippen LogP contribution in [0.3, 0.4) is 0 Å². The molecule has 0 saturated carbocycles. The smallest absolute Gasteiger partial charge is 0.416 e. The number of hydrogen-bond donors (Lipinski definition) is 2. The van der Waals surface area contributed by atoms with Gasteiger partial charge in [-0.2, -0.15) is 13.2 Å². The van der Waals surface area contributed by atoms with Gasteiger partial charge in [-0.05, 0) is 67.9 Å². The predicted molar refractivity (Wildman–Crippen MR) is 138 cm³/mol. The van der Waals surface area contributed by atoms with Crippen LogP contribution >= 0.6 is 0 Å². The van der Waals surface area contributed by atoms with E-state index >= 15 is 0 Å². The van der Waals surface area contributed by atoms with Crippen LogP contribution in [0.15, 0.2) is 34.7 Å². The third-order valence-electron chi connectivity index (χ3n) is 8.08. The molecule has 0 aliphatic carbocycles. The third kappa shape index (κ3) is 6.35. The molecule has 3 aliphatic rings. The first-order valence-electron chi connectivity index (χ1n) is 13.5. The molecule has 0 spiro atoms. The second-order valence-corrected chi connectivity index (χ2v) is 11.0. The molecule has 0 radical (unpaired) electrons. The Hall–Kier alpha value is -2.56. The number of anilines is 2. The lowest BCUT2D eigenvalue weighted by atomic mass is 9.75. The van der Waals surface area contributed by atoms with E-state index < -0.39 is 17.6 Å². The molecule has 2 aromatic rings. The van der Waals surface area contributed by atoms with Gasteiger partial charge < -0.3 is 29.4 Å². The molecule has 1 aromatic carbocycles. The van der Waals surface area contributed by atoms with Crippen LogP contribution in [0, 0.1) is 5.41 Å². The Kier molecular flexibility index (Phi) is 8.02. The molecule has 1 unspecified atom stereocenters. The highest BCUT2D eigenvalue weighted by atomic mass is 19.4. The zero-order chi connectivity index (χ0) is 26.8. The number of amides is 1. The number of carbonyl (C=O) groups excluding carboxylic acids is 1. The molecule has 3 saturated heterocycles. The van der Waals surface area contributed by atoms with E-state index in [1.807, 2.05) is 0 Å². The van der Waals surface area contributed by atoms with Crippen LogP contribution in [0.2, 0.25) is 0 Å². The first-order valence-corrected chi connectivity index (χ1v) is 13.5. The topological polar surface area (TPSA) is 76.0 Å². The van der Waals surface area contributed by atoms with Gasteiger partial charge in [0.1, 0.15) is 5.76 Å². The van der Waals surface area contributed by atoms with Crippen molar-refractivity contribution in [2.45, 2.75) is 57.2 Å². The summed E-state index contributed by atoms with van der Waals surface area (Å²) in [7, 11) is 0. The Morgan fingerprint density at radius 2 is 1.89 bits per heavy atom. The Bertz CT molecular complexity index is 1100. The molecule has 3 aliphatic heterocycles. The molecule has 38 heavy (non-hydrogen) atoms. The number of furan rings is 1. The van der Waals surface area contributed by atoms with Gasteiger partial charge in [-0.15, -0.1) is 0 Å². The van der Waals surface area contributed by atoms with Crippen LogP contribution in [-0.2, 0) is 15.7 Å². The first kappa shape index (κ1) is 27.0. The zero-order valence-electron chi connectivity index (χ0n) is 21.7. The third-order valence-corrected chi connectivity index (χ3v) is 8.08. The van der Waals surface area contributed by atoms with Crippen molar-refractivity contribution in [2.24, 2.45) is 5.41 Å². The number of ether oxygens (including phenoxy) is 2. The monoisotopic (exact) mass is 535 g/mol. The minimum atomic E-state index is -4.52. The van der Waals surface area contributed by atoms with E-state index in [4.69, 9.17) is 13.9 Å². The highest BCUT2D eigenvalue weighted by Gasteiger charge is 2.36. The fourth-order valence-corrected chi connectivity index (χ4v) is 5.74. The maximum absolute atomic E-state index is 13.6. The summed E-state index contributed by atoms with van der Waals surface area (Å²) in [5, 5.41) is 6.08. The molecule has 2 N–H and O–H groups in total. The van der Waals surface area contributed by atoms with E-state index in [1.165, 1.54) is 6.07 Å². The van der Waals surface area contributed by atoms with E-state index in [0.29, 0.717) is 44.4 Å². The molecular weight excluding hydrogens is 499 g/mol. The maximum Gasteiger partial charge on any atom is 0.416 e. The number of carbonyl (C=O) groups is 1. The lowest BCUT2D eigenvalue weighted by Crippen LogP contribution is -2.45. The van der Waals surface area contributed by atoms with Crippen LogP contribution in [0.5, 0.6) is 0 Å². The summed E-state index contributed by atoms with van der Waals surface area (Å²) in [5.41, 5.74) is 0.00433. The Labute approximate surface area is 221 Å². The number of alkyl halides is 3. The van der Waals surface area contributed by atoms with Crippen molar-refractivity contribution < 1.29 is 31.9 Å². The number of halogens is 3. The highest BCUT2D eigenvalue weighted by Crippen LogP contribution is 2.41.